The molecule has 1 saturated carbocycles. The van der Waals surface area contributed by atoms with Gasteiger partial charge < -0.3 is 18.9 Å². The fourth-order valence-electron chi connectivity index (χ4n) is 4.87. The van der Waals surface area contributed by atoms with Crippen LogP contribution in [0.15, 0.2) is 30.7 Å². The predicted octanol–water partition coefficient (Wildman–Crippen LogP) is 3.69. The van der Waals surface area contributed by atoms with Crippen molar-refractivity contribution in [3.05, 3.63) is 42.2 Å². The third kappa shape index (κ3) is 4.51. The van der Waals surface area contributed by atoms with E-state index in [4.69, 9.17) is 9.47 Å². The van der Waals surface area contributed by atoms with Crippen LogP contribution in [0.4, 0.5) is 5.69 Å². The maximum Gasteiger partial charge on any atom is 0.149 e. The highest BCUT2D eigenvalue weighted by molar-refractivity contribution is 5.85. The molecule has 3 aromatic rings. The third-order valence-electron chi connectivity index (χ3n) is 6.55. The highest BCUT2D eigenvalue weighted by Gasteiger charge is 2.25. The van der Waals surface area contributed by atoms with Crippen molar-refractivity contribution < 1.29 is 9.47 Å². The SMILES string of the molecule is Cc1cn(C)c(CC2CCC(Oc3cc(N4CCOCC4)cc4nccnc34)CC2)n1. The fourth-order valence-corrected chi connectivity index (χ4v) is 4.87. The molecule has 31 heavy (non-hydrogen) atoms. The molecular weight excluding hydrogens is 390 g/mol. The number of fused-ring (bicyclic) bond motifs is 1. The van der Waals surface area contributed by atoms with Crippen LogP contribution in [-0.2, 0) is 18.2 Å². The number of nitrogens with zero attached hydrogens (tertiary/aromatic N) is 5. The number of rotatable bonds is 5. The molecule has 3 heterocycles. The van der Waals surface area contributed by atoms with Crippen LogP contribution in [0, 0.1) is 12.8 Å². The fraction of sp³-hybridized carbons (Fsp3) is 0.542. The molecular formula is C24H31N5O2. The number of morpholine rings is 1. The van der Waals surface area contributed by atoms with Crippen LogP contribution in [0.5, 0.6) is 5.75 Å². The van der Waals surface area contributed by atoms with Gasteiger partial charge in [0.15, 0.2) is 0 Å². The zero-order valence-electron chi connectivity index (χ0n) is 18.5. The molecule has 0 radical (unpaired) electrons. The predicted molar refractivity (Wildman–Crippen MR) is 121 cm³/mol. The van der Waals surface area contributed by atoms with Gasteiger partial charge in [-0.1, -0.05) is 0 Å². The monoisotopic (exact) mass is 421 g/mol. The average molecular weight is 422 g/mol. The Bertz CT molecular complexity index is 1040. The summed E-state index contributed by atoms with van der Waals surface area (Å²) in [5.74, 6) is 2.73. The summed E-state index contributed by atoms with van der Waals surface area (Å²) in [6, 6.07) is 4.26. The Morgan fingerprint density at radius 1 is 1.06 bits per heavy atom. The molecule has 1 aliphatic heterocycles. The lowest BCUT2D eigenvalue weighted by Gasteiger charge is -2.31. The lowest BCUT2D eigenvalue weighted by atomic mass is 9.85. The van der Waals surface area contributed by atoms with Gasteiger partial charge in [-0.05, 0) is 44.6 Å². The average Bonchev–Trinajstić information content (AvgIpc) is 3.12. The van der Waals surface area contributed by atoms with Crippen molar-refractivity contribution in [1.82, 2.24) is 19.5 Å². The quantitative estimate of drug-likeness (QED) is 0.626. The van der Waals surface area contributed by atoms with E-state index in [9.17, 15) is 0 Å². The van der Waals surface area contributed by atoms with E-state index in [2.05, 4.69) is 56.7 Å². The van der Waals surface area contributed by atoms with Gasteiger partial charge in [-0.2, -0.15) is 0 Å². The van der Waals surface area contributed by atoms with E-state index in [1.165, 1.54) is 18.7 Å². The summed E-state index contributed by atoms with van der Waals surface area (Å²) in [7, 11) is 2.09. The minimum absolute atomic E-state index is 0.226. The van der Waals surface area contributed by atoms with Gasteiger partial charge in [0.25, 0.3) is 0 Å². The molecule has 0 bridgehead atoms. The van der Waals surface area contributed by atoms with Crippen LogP contribution in [0.1, 0.15) is 37.2 Å². The summed E-state index contributed by atoms with van der Waals surface area (Å²) in [4.78, 5) is 16.1. The summed E-state index contributed by atoms with van der Waals surface area (Å²) < 4.78 is 14.2. The van der Waals surface area contributed by atoms with Crippen LogP contribution >= 0.6 is 0 Å². The molecule has 1 aromatic carbocycles. The van der Waals surface area contributed by atoms with E-state index in [1.54, 1.807) is 12.4 Å². The zero-order valence-corrected chi connectivity index (χ0v) is 18.5. The number of ether oxygens (including phenoxy) is 2. The minimum Gasteiger partial charge on any atom is -0.488 e. The van der Waals surface area contributed by atoms with E-state index in [0.29, 0.717) is 5.92 Å². The number of aryl methyl sites for hydroxylation is 2. The van der Waals surface area contributed by atoms with E-state index in [1.807, 2.05) is 0 Å². The molecule has 164 valence electrons. The van der Waals surface area contributed by atoms with Gasteiger partial charge in [0.05, 0.1) is 30.5 Å². The molecule has 7 nitrogen and oxygen atoms in total. The van der Waals surface area contributed by atoms with Gasteiger partial charge in [-0.15, -0.1) is 0 Å². The Morgan fingerprint density at radius 3 is 2.58 bits per heavy atom. The molecule has 5 rings (SSSR count). The van der Waals surface area contributed by atoms with Crippen molar-refractivity contribution in [2.75, 3.05) is 31.2 Å². The molecule has 0 spiro atoms. The lowest BCUT2D eigenvalue weighted by Crippen LogP contribution is -2.36. The van der Waals surface area contributed by atoms with Crippen molar-refractivity contribution in [3.63, 3.8) is 0 Å². The van der Waals surface area contributed by atoms with E-state index < -0.39 is 0 Å². The van der Waals surface area contributed by atoms with Crippen LogP contribution in [-0.4, -0.2) is 51.9 Å². The third-order valence-corrected chi connectivity index (χ3v) is 6.55. The maximum atomic E-state index is 6.55. The number of anilines is 1. The summed E-state index contributed by atoms with van der Waals surface area (Å²) >= 11 is 0. The molecule has 0 atom stereocenters. The molecule has 0 unspecified atom stereocenters. The van der Waals surface area contributed by atoms with Gasteiger partial charge >= 0.3 is 0 Å². The van der Waals surface area contributed by atoms with Gasteiger partial charge in [0.2, 0.25) is 0 Å². The first-order valence-electron chi connectivity index (χ1n) is 11.4. The molecule has 1 saturated heterocycles. The smallest absolute Gasteiger partial charge is 0.149 e. The maximum absolute atomic E-state index is 6.55. The number of hydrogen-bond donors (Lipinski definition) is 0. The van der Waals surface area contributed by atoms with Crippen LogP contribution < -0.4 is 9.64 Å². The minimum atomic E-state index is 0.226. The van der Waals surface area contributed by atoms with Gasteiger partial charge in [-0.3, -0.25) is 4.98 Å². The van der Waals surface area contributed by atoms with Crippen molar-refractivity contribution in [2.24, 2.45) is 13.0 Å². The van der Waals surface area contributed by atoms with Crippen molar-refractivity contribution in [2.45, 2.75) is 45.1 Å². The topological polar surface area (TPSA) is 65.3 Å². The number of benzene rings is 1. The highest BCUT2D eigenvalue weighted by Crippen LogP contribution is 2.34. The lowest BCUT2D eigenvalue weighted by molar-refractivity contribution is 0.122. The second-order valence-electron chi connectivity index (χ2n) is 8.84. The second kappa shape index (κ2) is 8.83. The van der Waals surface area contributed by atoms with Crippen LogP contribution in [0.2, 0.25) is 0 Å². The van der Waals surface area contributed by atoms with Crippen LogP contribution in [0.25, 0.3) is 11.0 Å². The van der Waals surface area contributed by atoms with Gasteiger partial charge in [0, 0.05) is 56.9 Å². The molecule has 2 aliphatic rings. The van der Waals surface area contributed by atoms with Crippen LogP contribution in [0.3, 0.4) is 0 Å². The number of aromatic nitrogens is 4. The first-order chi connectivity index (χ1) is 15.2. The van der Waals surface area contributed by atoms with Crippen molar-refractivity contribution in [3.8, 4) is 5.75 Å². The molecule has 7 heteroatoms. The highest BCUT2D eigenvalue weighted by atomic mass is 16.5. The van der Waals surface area contributed by atoms with E-state index >= 15 is 0 Å². The number of imidazole rings is 1. The second-order valence-corrected chi connectivity index (χ2v) is 8.84. The molecule has 1 aliphatic carbocycles. The first-order valence-corrected chi connectivity index (χ1v) is 11.4. The Balaban J connectivity index is 1.28. The zero-order chi connectivity index (χ0) is 21.2. The normalized spacial score (nSPS) is 22.1. The summed E-state index contributed by atoms with van der Waals surface area (Å²) in [6.45, 7) is 5.36. The molecule has 2 fully saturated rings. The number of hydrogen-bond acceptors (Lipinski definition) is 6. The van der Waals surface area contributed by atoms with Crippen molar-refractivity contribution in [1.29, 1.82) is 0 Å². The van der Waals surface area contributed by atoms with Gasteiger partial charge in [0.1, 0.15) is 17.1 Å². The molecule has 2 aromatic heterocycles. The Morgan fingerprint density at radius 2 is 1.84 bits per heavy atom. The Hall–Kier alpha value is -2.67. The Kier molecular flexibility index (Phi) is 5.76. The van der Waals surface area contributed by atoms with E-state index in [0.717, 1.165) is 73.7 Å². The first kappa shape index (κ1) is 20.2. The molecule has 0 N–H and O–H groups in total. The van der Waals surface area contributed by atoms with Gasteiger partial charge in [-0.25, -0.2) is 9.97 Å². The Labute approximate surface area is 183 Å². The van der Waals surface area contributed by atoms with Crippen molar-refractivity contribution >= 4 is 16.7 Å². The largest absolute Gasteiger partial charge is 0.488 e. The summed E-state index contributed by atoms with van der Waals surface area (Å²) in [5, 5.41) is 0. The summed E-state index contributed by atoms with van der Waals surface area (Å²) in [6.07, 6.45) is 11.4. The standard InChI is InChI=1S/C24H31N5O2/c1-17-16-28(2)23(27-17)13-18-3-5-20(6-4-18)31-22-15-19(29-9-11-30-12-10-29)14-21-24(22)26-8-7-25-21/h7-8,14-16,18,20H,3-6,9-13H2,1-2H3. The summed E-state index contributed by atoms with van der Waals surface area (Å²) in [5.41, 5.74) is 3.98. The molecule has 0 amide bonds. The van der Waals surface area contributed by atoms with E-state index in [-0.39, 0.29) is 6.10 Å².